The molecule has 1 saturated heterocycles. The van der Waals surface area contributed by atoms with E-state index in [1.165, 1.54) is 19.3 Å². The molecule has 0 bridgehead atoms. The van der Waals surface area contributed by atoms with E-state index in [9.17, 15) is 4.57 Å². The van der Waals surface area contributed by atoms with Crippen LogP contribution in [0.5, 0.6) is 0 Å². The van der Waals surface area contributed by atoms with Gasteiger partial charge in [-0.25, -0.2) is 4.67 Å². The number of rotatable bonds is 1. The van der Waals surface area contributed by atoms with Crippen LogP contribution in [-0.4, -0.2) is 17.8 Å². The smallest absolute Gasteiger partial charge is 0.248 e. The van der Waals surface area contributed by atoms with Gasteiger partial charge in [-0.05, 0) is 12.8 Å². The minimum atomic E-state index is 0.210. The molecule has 0 amide bonds. The first-order valence-corrected chi connectivity index (χ1v) is 3.78. The van der Waals surface area contributed by atoms with E-state index in [-0.39, 0.29) is 8.61 Å². The summed E-state index contributed by atoms with van der Waals surface area (Å²) in [4.78, 5) is 0. The molecular weight excluding hydrogens is 121 g/mol. The summed E-state index contributed by atoms with van der Waals surface area (Å²) in [6.07, 6.45) is 3.75. The average Bonchev–Trinajstić information content (AvgIpc) is 1.90. The summed E-state index contributed by atoms with van der Waals surface area (Å²) in [6.45, 7) is 2.04. The van der Waals surface area contributed by atoms with Gasteiger partial charge in [-0.15, -0.1) is 0 Å². The van der Waals surface area contributed by atoms with E-state index in [1.54, 1.807) is 0 Å². The van der Waals surface area contributed by atoms with Crippen LogP contribution in [0.4, 0.5) is 0 Å². The molecule has 0 radical (unpaired) electrons. The molecule has 1 heterocycles. The fourth-order valence-corrected chi connectivity index (χ4v) is 1.41. The number of piperidine rings is 1. The van der Waals surface area contributed by atoms with Gasteiger partial charge in [-0.1, -0.05) is 6.42 Å². The molecule has 2 nitrogen and oxygen atoms in total. The number of nitrogens with zero attached hydrogens (tertiary/aromatic N) is 1. The van der Waals surface area contributed by atoms with Gasteiger partial charge in [-0.3, -0.25) is 4.57 Å². The van der Waals surface area contributed by atoms with Gasteiger partial charge in [0.25, 0.3) is 0 Å². The van der Waals surface area contributed by atoms with Crippen LogP contribution in [0.15, 0.2) is 0 Å². The summed E-state index contributed by atoms with van der Waals surface area (Å²) in [6, 6.07) is 0. The van der Waals surface area contributed by atoms with Gasteiger partial charge in [0.15, 0.2) is 0 Å². The quantitative estimate of drug-likeness (QED) is 0.504. The Balaban J connectivity index is 2.22. The van der Waals surface area contributed by atoms with Crippen LogP contribution in [0.2, 0.25) is 0 Å². The van der Waals surface area contributed by atoms with Crippen molar-refractivity contribution in [2.75, 3.05) is 13.1 Å². The summed E-state index contributed by atoms with van der Waals surface area (Å²) in [5.74, 6) is 0. The predicted octanol–water partition coefficient (Wildman–Crippen LogP) is 1.68. The standard InChI is InChI=1S/C5H10NOP/c7-8-6-4-2-1-3-5-6/h1-5H2. The van der Waals surface area contributed by atoms with Crippen molar-refractivity contribution >= 4 is 8.61 Å². The second-order valence-electron chi connectivity index (χ2n) is 2.10. The van der Waals surface area contributed by atoms with Crippen molar-refractivity contribution in [3.05, 3.63) is 0 Å². The molecule has 0 aliphatic carbocycles. The molecule has 1 fully saturated rings. The minimum Gasteiger partial charge on any atom is -0.256 e. The Hall–Kier alpha value is 0.0600. The van der Waals surface area contributed by atoms with Crippen LogP contribution in [0, 0.1) is 0 Å². The highest BCUT2D eigenvalue weighted by Crippen LogP contribution is 2.14. The molecular formula is C5H10NOP. The summed E-state index contributed by atoms with van der Waals surface area (Å²) in [7, 11) is 0.210. The van der Waals surface area contributed by atoms with E-state index >= 15 is 0 Å². The van der Waals surface area contributed by atoms with Crippen molar-refractivity contribution in [1.29, 1.82) is 0 Å². The first kappa shape index (κ1) is 6.18. The third-order valence-corrected chi connectivity index (χ3v) is 2.08. The maximum atomic E-state index is 10.2. The van der Waals surface area contributed by atoms with Crippen LogP contribution in [-0.2, 0) is 4.57 Å². The van der Waals surface area contributed by atoms with Gasteiger partial charge in [0.05, 0.1) is 0 Å². The normalized spacial score (nSPS) is 24.0. The first-order chi connectivity index (χ1) is 3.93. The highest BCUT2D eigenvalue weighted by molar-refractivity contribution is 7.20. The van der Waals surface area contributed by atoms with Gasteiger partial charge in [0.2, 0.25) is 8.61 Å². The van der Waals surface area contributed by atoms with Crippen LogP contribution in [0.25, 0.3) is 0 Å². The van der Waals surface area contributed by atoms with Crippen molar-refractivity contribution in [2.45, 2.75) is 19.3 Å². The Kier molecular flexibility index (Phi) is 2.44. The summed E-state index contributed by atoms with van der Waals surface area (Å²) in [5.41, 5.74) is 0. The van der Waals surface area contributed by atoms with E-state index < -0.39 is 0 Å². The summed E-state index contributed by atoms with van der Waals surface area (Å²) >= 11 is 0. The zero-order valence-electron chi connectivity index (χ0n) is 4.84. The number of hydrogen-bond donors (Lipinski definition) is 0. The highest BCUT2D eigenvalue weighted by atomic mass is 31.1. The molecule has 0 saturated carbocycles. The molecule has 3 heteroatoms. The molecule has 1 aliphatic rings. The second-order valence-corrected chi connectivity index (χ2v) is 2.82. The van der Waals surface area contributed by atoms with Crippen LogP contribution < -0.4 is 0 Å². The lowest BCUT2D eigenvalue weighted by Gasteiger charge is -2.17. The van der Waals surface area contributed by atoms with Crippen LogP contribution in [0.3, 0.4) is 0 Å². The van der Waals surface area contributed by atoms with Gasteiger partial charge in [0, 0.05) is 13.1 Å². The lowest BCUT2D eigenvalue weighted by Crippen LogP contribution is -2.19. The van der Waals surface area contributed by atoms with Crippen molar-refractivity contribution in [2.24, 2.45) is 0 Å². The maximum Gasteiger partial charge on any atom is 0.248 e. The Morgan fingerprint density at radius 2 is 1.75 bits per heavy atom. The third-order valence-electron chi connectivity index (χ3n) is 1.45. The van der Waals surface area contributed by atoms with Gasteiger partial charge < -0.3 is 0 Å². The Bertz CT molecular complexity index is 80.5. The fourth-order valence-electron chi connectivity index (χ4n) is 0.959. The molecule has 0 atom stereocenters. The topological polar surface area (TPSA) is 20.3 Å². The molecule has 0 N–H and O–H groups in total. The molecule has 0 unspecified atom stereocenters. The predicted molar refractivity (Wildman–Crippen MR) is 33.0 cm³/mol. The molecule has 0 aromatic rings. The third kappa shape index (κ3) is 1.53. The lowest BCUT2D eigenvalue weighted by atomic mass is 10.2. The van der Waals surface area contributed by atoms with E-state index in [0.717, 1.165) is 13.1 Å². The fraction of sp³-hybridized carbons (Fsp3) is 1.00. The van der Waals surface area contributed by atoms with Gasteiger partial charge >= 0.3 is 0 Å². The van der Waals surface area contributed by atoms with Crippen molar-refractivity contribution < 1.29 is 4.57 Å². The van der Waals surface area contributed by atoms with Crippen LogP contribution in [0.1, 0.15) is 19.3 Å². The molecule has 0 aromatic carbocycles. The van der Waals surface area contributed by atoms with E-state index in [2.05, 4.69) is 0 Å². The maximum absolute atomic E-state index is 10.2. The lowest BCUT2D eigenvalue weighted by molar-refractivity contribution is 0.362. The van der Waals surface area contributed by atoms with Crippen LogP contribution >= 0.6 is 8.61 Å². The van der Waals surface area contributed by atoms with E-state index in [4.69, 9.17) is 0 Å². The molecule has 8 heavy (non-hydrogen) atoms. The SMILES string of the molecule is O=PN1CCCCC1. The first-order valence-electron chi connectivity index (χ1n) is 3.02. The van der Waals surface area contributed by atoms with Crippen molar-refractivity contribution in [3.63, 3.8) is 0 Å². The van der Waals surface area contributed by atoms with Crippen molar-refractivity contribution in [1.82, 2.24) is 4.67 Å². The largest absolute Gasteiger partial charge is 0.256 e. The Labute approximate surface area is 51.1 Å². The zero-order chi connectivity index (χ0) is 5.82. The molecule has 0 aromatic heterocycles. The monoisotopic (exact) mass is 131 g/mol. The molecule has 46 valence electrons. The van der Waals surface area contributed by atoms with E-state index in [1.807, 2.05) is 4.67 Å². The summed E-state index contributed by atoms with van der Waals surface area (Å²) < 4.78 is 12.1. The van der Waals surface area contributed by atoms with Gasteiger partial charge in [0.1, 0.15) is 0 Å². The highest BCUT2D eigenvalue weighted by Gasteiger charge is 2.07. The average molecular weight is 131 g/mol. The summed E-state index contributed by atoms with van der Waals surface area (Å²) in [5, 5.41) is 0. The molecule has 1 rings (SSSR count). The minimum absolute atomic E-state index is 0.210. The second kappa shape index (κ2) is 3.16. The molecule has 0 spiro atoms. The Morgan fingerprint density at radius 3 is 2.12 bits per heavy atom. The van der Waals surface area contributed by atoms with Crippen molar-refractivity contribution in [3.8, 4) is 0 Å². The zero-order valence-corrected chi connectivity index (χ0v) is 5.73. The van der Waals surface area contributed by atoms with E-state index in [0.29, 0.717) is 0 Å². The number of hydrogen-bond acceptors (Lipinski definition) is 1. The van der Waals surface area contributed by atoms with Gasteiger partial charge in [-0.2, -0.15) is 0 Å². The Morgan fingerprint density at radius 1 is 1.12 bits per heavy atom. The molecule has 1 aliphatic heterocycles.